The van der Waals surface area contributed by atoms with Gasteiger partial charge in [-0.1, -0.05) is 29.8 Å². The lowest BCUT2D eigenvalue weighted by atomic mass is 10.0. The molecule has 0 aromatic heterocycles. The van der Waals surface area contributed by atoms with Gasteiger partial charge in [-0.25, -0.2) is 10.9 Å². The zero-order chi connectivity index (χ0) is 13.2. The number of hydrogen-bond donors (Lipinski definition) is 3. The molecule has 2 atom stereocenters. The lowest BCUT2D eigenvalue weighted by Crippen LogP contribution is -2.50. The van der Waals surface area contributed by atoms with Gasteiger partial charge in [0.2, 0.25) is 0 Å². The Labute approximate surface area is 119 Å². The Hall–Kier alpha value is -0.650. The molecule has 104 valence electrons. The minimum atomic E-state index is 0.286. The molecule has 19 heavy (non-hydrogen) atoms. The van der Waals surface area contributed by atoms with Crippen LogP contribution in [0.15, 0.2) is 24.3 Å². The molecule has 0 saturated carbocycles. The van der Waals surface area contributed by atoms with Gasteiger partial charge in [-0.15, -0.1) is 0 Å². The standard InChI is InChI=1S/C14H21ClN4/c15-12-4-2-1-3-11(12)13-9-14(18-17-13)19-7-5-10(16)6-8-19/h1-4,10,13-14,17-18H,5-9,16H2. The summed E-state index contributed by atoms with van der Waals surface area (Å²) in [4.78, 5) is 2.48. The molecule has 2 fully saturated rings. The topological polar surface area (TPSA) is 53.3 Å². The fraction of sp³-hybridized carbons (Fsp3) is 0.571. The molecule has 2 saturated heterocycles. The Balaban J connectivity index is 1.63. The van der Waals surface area contributed by atoms with E-state index in [0.29, 0.717) is 12.2 Å². The van der Waals surface area contributed by atoms with Crippen molar-refractivity contribution in [3.63, 3.8) is 0 Å². The van der Waals surface area contributed by atoms with Gasteiger partial charge in [0.15, 0.2) is 0 Å². The minimum absolute atomic E-state index is 0.286. The molecule has 1 aromatic rings. The largest absolute Gasteiger partial charge is 0.328 e. The molecule has 1 aromatic carbocycles. The number of piperidine rings is 1. The third-order valence-electron chi connectivity index (χ3n) is 4.18. The second kappa shape index (κ2) is 5.77. The summed E-state index contributed by atoms with van der Waals surface area (Å²) < 4.78 is 0. The van der Waals surface area contributed by atoms with Crippen LogP contribution in [0.3, 0.4) is 0 Å². The molecule has 5 heteroatoms. The summed E-state index contributed by atoms with van der Waals surface area (Å²) in [5, 5.41) is 0.836. The van der Waals surface area contributed by atoms with E-state index in [4.69, 9.17) is 17.3 Å². The van der Waals surface area contributed by atoms with Gasteiger partial charge in [0, 0.05) is 24.2 Å². The van der Waals surface area contributed by atoms with Crippen molar-refractivity contribution < 1.29 is 0 Å². The van der Waals surface area contributed by atoms with Crippen LogP contribution in [0.1, 0.15) is 30.9 Å². The molecular formula is C14H21ClN4. The van der Waals surface area contributed by atoms with Crippen molar-refractivity contribution in [3.8, 4) is 0 Å². The van der Waals surface area contributed by atoms with E-state index in [9.17, 15) is 0 Å². The Morgan fingerprint density at radius 2 is 1.89 bits per heavy atom. The van der Waals surface area contributed by atoms with Crippen LogP contribution in [0.5, 0.6) is 0 Å². The first kappa shape index (κ1) is 13.3. The van der Waals surface area contributed by atoms with Crippen LogP contribution in [0.25, 0.3) is 0 Å². The first-order valence-corrected chi connectivity index (χ1v) is 7.37. The highest BCUT2D eigenvalue weighted by molar-refractivity contribution is 6.31. The van der Waals surface area contributed by atoms with Gasteiger partial charge < -0.3 is 5.73 Å². The Kier molecular flexibility index (Phi) is 4.05. The Morgan fingerprint density at radius 3 is 2.63 bits per heavy atom. The number of nitrogens with one attached hydrogen (secondary N) is 2. The third kappa shape index (κ3) is 2.93. The fourth-order valence-corrected chi connectivity index (χ4v) is 3.24. The predicted octanol–water partition coefficient (Wildman–Crippen LogP) is 1.63. The highest BCUT2D eigenvalue weighted by Crippen LogP contribution is 2.29. The Morgan fingerprint density at radius 1 is 1.16 bits per heavy atom. The van der Waals surface area contributed by atoms with Crippen LogP contribution in [0, 0.1) is 0 Å². The summed E-state index contributed by atoms with van der Waals surface area (Å²) in [7, 11) is 0. The molecule has 2 aliphatic heterocycles. The number of benzene rings is 1. The van der Waals surface area contributed by atoms with Crippen molar-refractivity contribution in [2.24, 2.45) is 5.73 Å². The molecule has 0 radical (unpaired) electrons. The molecular weight excluding hydrogens is 260 g/mol. The smallest absolute Gasteiger partial charge is 0.0748 e. The van der Waals surface area contributed by atoms with Crippen molar-refractivity contribution in [1.82, 2.24) is 15.8 Å². The van der Waals surface area contributed by atoms with Gasteiger partial charge in [0.25, 0.3) is 0 Å². The number of rotatable bonds is 2. The molecule has 2 heterocycles. The first-order chi connectivity index (χ1) is 9.24. The van der Waals surface area contributed by atoms with Gasteiger partial charge in [-0.05, 0) is 30.9 Å². The van der Waals surface area contributed by atoms with Crippen molar-refractivity contribution >= 4 is 11.6 Å². The summed E-state index contributed by atoms with van der Waals surface area (Å²) >= 11 is 6.26. The maximum absolute atomic E-state index is 6.26. The highest BCUT2D eigenvalue weighted by Gasteiger charge is 2.31. The zero-order valence-electron chi connectivity index (χ0n) is 11.0. The van der Waals surface area contributed by atoms with E-state index in [1.54, 1.807) is 0 Å². The first-order valence-electron chi connectivity index (χ1n) is 6.99. The van der Waals surface area contributed by atoms with Gasteiger partial charge in [-0.2, -0.15) is 0 Å². The SMILES string of the molecule is NC1CCN(C2CC(c3ccccc3Cl)NN2)CC1. The van der Waals surface area contributed by atoms with Crippen molar-refractivity contribution in [2.75, 3.05) is 13.1 Å². The van der Waals surface area contributed by atoms with E-state index in [2.05, 4.69) is 21.8 Å². The molecule has 0 amide bonds. The number of nitrogens with two attached hydrogens (primary N) is 1. The quantitative estimate of drug-likeness (QED) is 0.771. The maximum atomic E-state index is 6.26. The van der Waals surface area contributed by atoms with Crippen LogP contribution < -0.4 is 16.6 Å². The average Bonchev–Trinajstić information content (AvgIpc) is 2.89. The third-order valence-corrected chi connectivity index (χ3v) is 4.52. The number of likely N-dealkylation sites (tertiary alicyclic amines) is 1. The lowest BCUT2D eigenvalue weighted by Gasteiger charge is -2.34. The molecule has 4 N–H and O–H groups in total. The summed E-state index contributed by atoms with van der Waals surface area (Å²) in [6, 6.07) is 8.72. The number of hydrogen-bond acceptors (Lipinski definition) is 4. The average molecular weight is 281 g/mol. The van der Waals surface area contributed by atoms with E-state index in [1.165, 1.54) is 5.56 Å². The summed E-state index contributed by atoms with van der Waals surface area (Å²) in [5.74, 6) is 0. The molecule has 0 aliphatic carbocycles. The van der Waals surface area contributed by atoms with Crippen LogP contribution in [0.4, 0.5) is 0 Å². The van der Waals surface area contributed by atoms with Crippen molar-refractivity contribution in [3.05, 3.63) is 34.9 Å². The second-order valence-electron chi connectivity index (χ2n) is 5.49. The molecule has 0 spiro atoms. The zero-order valence-corrected chi connectivity index (χ0v) is 11.7. The highest BCUT2D eigenvalue weighted by atomic mass is 35.5. The number of hydrazine groups is 1. The lowest BCUT2D eigenvalue weighted by molar-refractivity contribution is 0.137. The van der Waals surface area contributed by atoms with Gasteiger partial charge in [0.1, 0.15) is 0 Å². The fourth-order valence-electron chi connectivity index (χ4n) is 2.97. The minimum Gasteiger partial charge on any atom is -0.328 e. The number of nitrogens with zero attached hydrogens (tertiary/aromatic N) is 1. The Bertz CT molecular complexity index is 431. The van der Waals surface area contributed by atoms with Crippen molar-refractivity contribution in [2.45, 2.75) is 37.5 Å². The molecule has 2 aliphatic rings. The van der Waals surface area contributed by atoms with E-state index >= 15 is 0 Å². The van der Waals surface area contributed by atoms with Gasteiger partial charge in [-0.3, -0.25) is 4.90 Å². The monoisotopic (exact) mass is 280 g/mol. The molecule has 2 unspecified atom stereocenters. The van der Waals surface area contributed by atoms with E-state index in [0.717, 1.165) is 37.4 Å². The molecule has 0 bridgehead atoms. The molecule has 4 nitrogen and oxygen atoms in total. The van der Waals surface area contributed by atoms with Crippen LogP contribution >= 0.6 is 11.6 Å². The van der Waals surface area contributed by atoms with Gasteiger partial charge >= 0.3 is 0 Å². The van der Waals surface area contributed by atoms with Gasteiger partial charge in [0.05, 0.1) is 12.2 Å². The second-order valence-corrected chi connectivity index (χ2v) is 5.89. The summed E-state index contributed by atoms with van der Waals surface area (Å²) in [6.07, 6.45) is 3.61. The summed E-state index contributed by atoms with van der Waals surface area (Å²) in [6.45, 7) is 2.16. The van der Waals surface area contributed by atoms with E-state index < -0.39 is 0 Å². The normalized spacial score (nSPS) is 29.8. The van der Waals surface area contributed by atoms with Crippen LogP contribution in [-0.2, 0) is 0 Å². The summed E-state index contributed by atoms with van der Waals surface area (Å²) in [5.41, 5.74) is 13.9. The predicted molar refractivity (Wildman–Crippen MR) is 77.7 cm³/mol. The molecule has 3 rings (SSSR count). The maximum Gasteiger partial charge on any atom is 0.0748 e. The van der Waals surface area contributed by atoms with E-state index in [1.807, 2.05) is 18.2 Å². The van der Waals surface area contributed by atoms with Crippen LogP contribution in [-0.4, -0.2) is 30.2 Å². The van der Waals surface area contributed by atoms with Crippen molar-refractivity contribution in [1.29, 1.82) is 0 Å². The number of halogens is 1. The van der Waals surface area contributed by atoms with E-state index in [-0.39, 0.29) is 6.04 Å². The van der Waals surface area contributed by atoms with Crippen LogP contribution in [0.2, 0.25) is 5.02 Å².